The Bertz CT molecular complexity index is 411. The van der Waals surface area contributed by atoms with Crippen LogP contribution in [-0.4, -0.2) is 23.1 Å². The summed E-state index contributed by atoms with van der Waals surface area (Å²) in [5, 5.41) is 0. The Labute approximate surface area is 113 Å². The van der Waals surface area contributed by atoms with Crippen LogP contribution >= 0.6 is 11.8 Å². The van der Waals surface area contributed by atoms with Crippen molar-refractivity contribution < 1.29 is 4.74 Å². The molecule has 98 valence electrons. The van der Waals surface area contributed by atoms with Crippen molar-refractivity contribution in [3.8, 4) is 5.75 Å². The van der Waals surface area contributed by atoms with Gasteiger partial charge in [0.25, 0.3) is 0 Å². The third kappa shape index (κ3) is 3.01. The lowest BCUT2D eigenvalue weighted by Gasteiger charge is -2.24. The van der Waals surface area contributed by atoms with Crippen molar-refractivity contribution >= 4 is 11.8 Å². The highest BCUT2D eigenvalue weighted by atomic mass is 32.2. The van der Waals surface area contributed by atoms with Crippen LogP contribution in [0.1, 0.15) is 31.2 Å². The molecular formula is C15H21NOS. The molecule has 2 N–H and O–H groups in total. The maximum Gasteiger partial charge on any atom is 0.122 e. The largest absolute Gasteiger partial charge is 0.490 e. The first-order valence-electron chi connectivity index (χ1n) is 6.86. The summed E-state index contributed by atoms with van der Waals surface area (Å²) in [5.74, 6) is 3.52. The Hall–Kier alpha value is -0.670. The highest BCUT2D eigenvalue weighted by Gasteiger charge is 2.38. The zero-order valence-electron chi connectivity index (χ0n) is 10.7. The smallest absolute Gasteiger partial charge is 0.122 e. The van der Waals surface area contributed by atoms with Crippen LogP contribution in [0.3, 0.4) is 0 Å². The van der Waals surface area contributed by atoms with Crippen molar-refractivity contribution in [3.05, 3.63) is 29.8 Å². The molecule has 1 saturated carbocycles. The lowest BCUT2D eigenvalue weighted by Crippen LogP contribution is -2.26. The molecule has 1 aromatic carbocycles. The summed E-state index contributed by atoms with van der Waals surface area (Å²) in [4.78, 5) is 0. The molecule has 2 aliphatic rings. The molecular weight excluding hydrogens is 242 g/mol. The summed E-state index contributed by atoms with van der Waals surface area (Å²) in [6.07, 6.45) is 6.02. The Kier molecular flexibility index (Phi) is 3.53. The van der Waals surface area contributed by atoms with Gasteiger partial charge in [0.15, 0.2) is 0 Å². The molecule has 3 heteroatoms. The normalized spacial score (nSPS) is 22.7. The second kappa shape index (κ2) is 5.14. The van der Waals surface area contributed by atoms with E-state index in [2.05, 4.69) is 24.3 Å². The third-order valence-electron chi connectivity index (χ3n) is 3.87. The average Bonchev–Trinajstić information content (AvgIpc) is 3.11. The van der Waals surface area contributed by atoms with Crippen LogP contribution in [-0.2, 0) is 6.42 Å². The van der Waals surface area contributed by atoms with Crippen molar-refractivity contribution in [2.24, 2.45) is 5.73 Å². The monoisotopic (exact) mass is 263 g/mol. The standard InChI is InChI=1S/C15H21NOS/c16-15(7-8-15)11-12-3-1-2-4-14(12)17-13-5-9-18-10-6-13/h1-4,13H,5-11,16H2. The molecule has 0 unspecified atom stereocenters. The first-order valence-corrected chi connectivity index (χ1v) is 8.02. The van der Waals surface area contributed by atoms with Gasteiger partial charge in [-0.15, -0.1) is 0 Å². The Morgan fingerprint density at radius 2 is 1.94 bits per heavy atom. The van der Waals surface area contributed by atoms with Crippen LogP contribution in [0.2, 0.25) is 0 Å². The van der Waals surface area contributed by atoms with E-state index in [0.717, 1.165) is 25.0 Å². The van der Waals surface area contributed by atoms with Crippen LogP contribution in [0, 0.1) is 0 Å². The molecule has 0 spiro atoms. The van der Waals surface area contributed by atoms with Crippen molar-refractivity contribution in [1.82, 2.24) is 0 Å². The summed E-state index contributed by atoms with van der Waals surface area (Å²) in [7, 11) is 0. The maximum absolute atomic E-state index is 6.22. The van der Waals surface area contributed by atoms with E-state index in [4.69, 9.17) is 10.5 Å². The lowest BCUT2D eigenvalue weighted by molar-refractivity contribution is 0.190. The van der Waals surface area contributed by atoms with Gasteiger partial charge in [0.1, 0.15) is 11.9 Å². The summed E-state index contributed by atoms with van der Waals surface area (Å²) in [5.41, 5.74) is 7.57. The zero-order valence-corrected chi connectivity index (χ0v) is 11.5. The molecule has 1 aliphatic heterocycles. The fourth-order valence-corrected chi connectivity index (χ4v) is 3.52. The molecule has 2 fully saturated rings. The Morgan fingerprint density at radius 3 is 2.67 bits per heavy atom. The van der Waals surface area contributed by atoms with Gasteiger partial charge in [-0.2, -0.15) is 11.8 Å². The highest BCUT2D eigenvalue weighted by molar-refractivity contribution is 7.99. The minimum Gasteiger partial charge on any atom is -0.490 e. The molecule has 0 atom stereocenters. The first kappa shape index (κ1) is 12.4. The number of para-hydroxylation sites is 1. The van der Waals surface area contributed by atoms with Gasteiger partial charge in [0.05, 0.1) is 0 Å². The molecule has 18 heavy (non-hydrogen) atoms. The minimum absolute atomic E-state index is 0.0574. The molecule has 0 amide bonds. The van der Waals surface area contributed by atoms with Crippen LogP contribution in [0.25, 0.3) is 0 Å². The molecule has 0 aromatic heterocycles. The minimum atomic E-state index is 0.0574. The molecule has 1 saturated heterocycles. The topological polar surface area (TPSA) is 35.2 Å². The fourth-order valence-electron chi connectivity index (χ4n) is 2.45. The van der Waals surface area contributed by atoms with Crippen LogP contribution in [0.15, 0.2) is 24.3 Å². The van der Waals surface area contributed by atoms with E-state index in [1.54, 1.807) is 0 Å². The predicted octanol–water partition coefficient (Wildman–Crippen LogP) is 2.99. The molecule has 2 nitrogen and oxygen atoms in total. The van der Waals surface area contributed by atoms with Gasteiger partial charge >= 0.3 is 0 Å². The number of ether oxygens (including phenoxy) is 1. The van der Waals surface area contributed by atoms with Gasteiger partial charge in [0, 0.05) is 5.54 Å². The van der Waals surface area contributed by atoms with Gasteiger partial charge in [-0.25, -0.2) is 0 Å². The summed E-state index contributed by atoms with van der Waals surface area (Å²) >= 11 is 2.03. The maximum atomic E-state index is 6.22. The second-order valence-corrected chi connectivity index (χ2v) is 6.80. The quantitative estimate of drug-likeness (QED) is 0.907. The zero-order chi connectivity index (χ0) is 12.4. The van der Waals surface area contributed by atoms with E-state index in [0.29, 0.717) is 6.10 Å². The Balaban J connectivity index is 1.69. The highest BCUT2D eigenvalue weighted by Crippen LogP contribution is 2.38. The molecule has 1 heterocycles. The first-order chi connectivity index (χ1) is 8.75. The van der Waals surface area contributed by atoms with Gasteiger partial charge in [0.2, 0.25) is 0 Å². The number of nitrogens with two attached hydrogens (primary N) is 1. The van der Waals surface area contributed by atoms with Gasteiger partial charge < -0.3 is 10.5 Å². The van der Waals surface area contributed by atoms with E-state index < -0.39 is 0 Å². The number of hydrogen-bond donors (Lipinski definition) is 1. The molecule has 0 radical (unpaired) electrons. The van der Waals surface area contributed by atoms with Crippen LogP contribution in [0.5, 0.6) is 5.75 Å². The van der Waals surface area contributed by atoms with Crippen molar-refractivity contribution in [2.75, 3.05) is 11.5 Å². The summed E-state index contributed by atoms with van der Waals surface area (Å²) in [6.45, 7) is 0. The summed E-state index contributed by atoms with van der Waals surface area (Å²) in [6, 6.07) is 8.42. The third-order valence-corrected chi connectivity index (χ3v) is 4.92. The van der Waals surface area contributed by atoms with Crippen LogP contribution in [0.4, 0.5) is 0 Å². The fraction of sp³-hybridized carbons (Fsp3) is 0.600. The lowest BCUT2D eigenvalue weighted by atomic mass is 10.0. The predicted molar refractivity (Wildman–Crippen MR) is 77.3 cm³/mol. The molecule has 1 aliphatic carbocycles. The number of benzene rings is 1. The van der Waals surface area contributed by atoms with Gasteiger partial charge in [-0.3, -0.25) is 0 Å². The Morgan fingerprint density at radius 1 is 1.22 bits per heavy atom. The molecule has 1 aromatic rings. The van der Waals surface area contributed by atoms with Crippen molar-refractivity contribution in [1.29, 1.82) is 0 Å². The van der Waals surface area contributed by atoms with Crippen molar-refractivity contribution in [2.45, 2.75) is 43.7 Å². The van der Waals surface area contributed by atoms with Crippen LogP contribution < -0.4 is 10.5 Å². The van der Waals surface area contributed by atoms with E-state index >= 15 is 0 Å². The summed E-state index contributed by atoms with van der Waals surface area (Å²) < 4.78 is 6.19. The van der Waals surface area contributed by atoms with E-state index in [-0.39, 0.29) is 5.54 Å². The molecule has 3 rings (SSSR count). The van der Waals surface area contributed by atoms with E-state index in [1.807, 2.05) is 11.8 Å². The molecule has 0 bridgehead atoms. The number of hydrogen-bond acceptors (Lipinski definition) is 3. The average molecular weight is 263 g/mol. The number of thioether (sulfide) groups is 1. The van der Waals surface area contributed by atoms with Crippen molar-refractivity contribution in [3.63, 3.8) is 0 Å². The van der Waals surface area contributed by atoms with Gasteiger partial charge in [-0.05, 0) is 55.2 Å². The van der Waals surface area contributed by atoms with E-state index in [1.165, 1.54) is 29.9 Å². The van der Waals surface area contributed by atoms with Gasteiger partial charge in [-0.1, -0.05) is 18.2 Å². The SMILES string of the molecule is NC1(Cc2ccccc2OC2CCSCC2)CC1. The second-order valence-electron chi connectivity index (χ2n) is 5.58. The van der Waals surface area contributed by atoms with E-state index in [9.17, 15) is 0 Å². The number of rotatable bonds is 4.